The second-order valence-electron chi connectivity index (χ2n) is 7.76. The summed E-state index contributed by atoms with van der Waals surface area (Å²) in [4.78, 5) is 12.2. The van der Waals surface area contributed by atoms with Crippen LogP contribution in [0.3, 0.4) is 0 Å². The lowest BCUT2D eigenvalue weighted by Gasteiger charge is -2.36. The van der Waals surface area contributed by atoms with Gasteiger partial charge in [0.2, 0.25) is 0 Å². The van der Waals surface area contributed by atoms with E-state index >= 15 is 0 Å². The SMILES string of the molecule is CC/C=N/OC(=N)c1cc(C)cnc1N1CCC(NC2CCCCC2)CC1.[HH]. The third-order valence-electron chi connectivity index (χ3n) is 5.52. The summed E-state index contributed by atoms with van der Waals surface area (Å²) in [6, 6.07) is 3.28. The summed E-state index contributed by atoms with van der Waals surface area (Å²) in [6.45, 7) is 5.89. The van der Waals surface area contributed by atoms with Crippen LogP contribution in [0.25, 0.3) is 0 Å². The lowest BCUT2D eigenvalue weighted by atomic mass is 9.93. The number of nitrogens with one attached hydrogen (secondary N) is 2. The number of aromatic nitrogens is 1. The smallest absolute Gasteiger partial charge is 0.252 e. The van der Waals surface area contributed by atoms with Gasteiger partial charge in [-0.1, -0.05) is 31.3 Å². The van der Waals surface area contributed by atoms with Crippen molar-refractivity contribution in [3.05, 3.63) is 23.4 Å². The van der Waals surface area contributed by atoms with E-state index in [4.69, 9.17) is 10.2 Å². The molecular weight excluding hydrogens is 338 g/mol. The minimum atomic E-state index is 0. The van der Waals surface area contributed by atoms with Crippen molar-refractivity contribution in [2.24, 2.45) is 5.16 Å². The van der Waals surface area contributed by atoms with E-state index in [0.29, 0.717) is 12.1 Å². The van der Waals surface area contributed by atoms with Crippen molar-refractivity contribution in [1.82, 2.24) is 10.3 Å². The highest BCUT2D eigenvalue weighted by molar-refractivity contribution is 5.97. The third-order valence-corrected chi connectivity index (χ3v) is 5.52. The van der Waals surface area contributed by atoms with Crippen molar-refractivity contribution >= 4 is 17.9 Å². The molecule has 2 N–H and O–H groups in total. The first-order chi connectivity index (χ1) is 13.2. The Kier molecular flexibility index (Phi) is 7.21. The number of rotatable bonds is 6. The van der Waals surface area contributed by atoms with Gasteiger partial charge in [-0.3, -0.25) is 5.41 Å². The number of aryl methyl sites for hydroxylation is 1. The summed E-state index contributed by atoms with van der Waals surface area (Å²) < 4.78 is 0. The van der Waals surface area contributed by atoms with E-state index < -0.39 is 0 Å². The fourth-order valence-corrected chi connectivity index (χ4v) is 4.06. The fourth-order valence-electron chi connectivity index (χ4n) is 4.06. The summed E-state index contributed by atoms with van der Waals surface area (Å²) in [5.74, 6) is 0.904. The molecule has 0 radical (unpaired) electrons. The topological polar surface area (TPSA) is 73.6 Å². The normalized spacial score (nSPS) is 19.6. The number of anilines is 1. The first-order valence-corrected chi connectivity index (χ1v) is 10.4. The van der Waals surface area contributed by atoms with Crippen LogP contribution in [-0.2, 0) is 4.84 Å². The Labute approximate surface area is 164 Å². The Morgan fingerprint density at radius 3 is 2.70 bits per heavy atom. The van der Waals surface area contributed by atoms with E-state index in [1.54, 1.807) is 6.21 Å². The zero-order valence-electron chi connectivity index (χ0n) is 16.7. The van der Waals surface area contributed by atoms with E-state index in [1.165, 1.54) is 32.1 Å². The molecule has 1 aromatic rings. The molecule has 2 aliphatic rings. The molecule has 150 valence electrons. The van der Waals surface area contributed by atoms with Gasteiger partial charge in [0.05, 0.1) is 5.56 Å². The molecule has 0 atom stereocenters. The summed E-state index contributed by atoms with van der Waals surface area (Å²) in [6.07, 6.45) is 13.4. The summed E-state index contributed by atoms with van der Waals surface area (Å²) >= 11 is 0. The molecule has 6 nitrogen and oxygen atoms in total. The standard InChI is InChI=1S/C21H33N5O.H2/c1-3-11-24-27-20(22)19-14-16(2)15-23-21(19)26-12-9-18(10-13-26)25-17-7-5-4-6-8-17;/h11,14-15,17-18,22,25H,3-10,12-13H2,1-2H3;1H/b22-20?,24-11+;. The van der Waals surface area contributed by atoms with Crippen molar-refractivity contribution in [3.8, 4) is 0 Å². The van der Waals surface area contributed by atoms with E-state index in [9.17, 15) is 0 Å². The van der Waals surface area contributed by atoms with Crippen molar-refractivity contribution < 1.29 is 6.26 Å². The maximum absolute atomic E-state index is 8.26. The zero-order chi connectivity index (χ0) is 19.1. The van der Waals surface area contributed by atoms with Crippen LogP contribution < -0.4 is 10.2 Å². The lowest BCUT2D eigenvalue weighted by Crippen LogP contribution is -2.47. The molecule has 1 saturated heterocycles. The molecular formula is C21H35N5O. The predicted octanol–water partition coefficient (Wildman–Crippen LogP) is 4.26. The number of pyridine rings is 1. The van der Waals surface area contributed by atoms with Gasteiger partial charge < -0.3 is 15.1 Å². The molecule has 0 unspecified atom stereocenters. The Morgan fingerprint density at radius 1 is 1.30 bits per heavy atom. The van der Waals surface area contributed by atoms with Crippen LogP contribution in [0.5, 0.6) is 0 Å². The van der Waals surface area contributed by atoms with Crippen LogP contribution in [0.4, 0.5) is 5.82 Å². The maximum Gasteiger partial charge on any atom is 0.252 e. The fraction of sp³-hybridized carbons (Fsp3) is 0.667. The number of hydrogen-bond donors (Lipinski definition) is 2. The van der Waals surface area contributed by atoms with Gasteiger partial charge in [-0.05, 0) is 50.7 Å². The third kappa shape index (κ3) is 5.51. The average molecular weight is 374 g/mol. The predicted molar refractivity (Wildman–Crippen MR) is 113 cm³/mol. The molecule has 0 aromatic carbocycles. The highest BCUT2D eigenvalue weighted by atomic mass is 16.6. The number of piperidine rings is 1. The van der Waals surface area contributed by atoms with E-state index in [-0.39, 0.29) is 7.32 Å². The summed E-state index contributed by atoms with van der Waals surface area (Å²) in [5, 5.41) is 16.0. The highest BCUT2D eigenvalue weighted by Crippen LogP contribution is 2.25. The van der Waals surface area contributed by atoms with Crippen molar-refractivity contribution in [2.45, 2.75) is 77.3 Å². The first kappa shape index (κ1) is 19.8. The van der Waals surface area contributed by atoms with Gasteiger partial charge >= 0.3 is 0 Å². The van der Waals surface area contributed by atoms with Crippen LogP contribution in [0.15, 0.2) is 17.4 Å². The van der Waals surface area contributed by atoms with Gasteiger partial charge in [-0.25, -0.2) is 4.98 Å². The van der Waals surface area contributed by atoms with Gasteiger partial charge in [0.1, 0.15) is 5.82 Å². The molecule has 3 rings (SSSR count). The van der Waals surface area contributed by atoms with Gasteiger partial charge in [-0.15, -0.1) is 0 Å². The quantitative estimate of drug-likeness (QED) is 0.444. The second-order valence-corrected chi connectivity index (χ2v) is 7.76. The molecule has 27 heavy (non-hydrogen) atoms. The van der Waals surface area contributed by atoms with Crippen molar-refractivity contribution in [3.63, 3.8) is 0 Å². The highest BCUT2D eigenvalue weighted by Gasteiger charge is 2.25. The molecule has 2 heterocycles. The largest absolute Gasteiger partial charge is 0.356 e. The molecule has 0 spiro atoms. The second kappa shape index (κ2) is 9.83. The van der Waals surface area contributed by atoms with E-state index in [2.05, 4.69) is 20.4 Å². The van der Waals surface area contributed by atoms with Crippen LogP contribution in [-0.4, -0.2) is 42.3 Å². The monoisotopic (exact) mass is 373 g/mol. The van der Waals surface area contributed by atoms with Crippen LogP contribution in [0.2, 0.25) is 0 Å². The number of hydrogen-bond acceptors (Lipinski definition) is 6. The molecule has 1 aromatic heterocycles. The molecule has 6 heteroatoms. The molecule has 1 saturated carbocycles. The van der Waals surface area contributed by atoms with Gasteiger partial charge in [0.15, 0.2) is 0 Å². The zero-order valence-corrected chi connectivity index (χ0v) is 16.7. The van der Waals surface area contributed by atoms with Gasteiger partial charge in [0.25, 0.3) is 5.90 Å². The molecule has 0 bridgehead atoms. The number of nitrogens with zero attached hydrogens (tertiary/aromatic N) is 3. The van der Waals surface area contributed by atoms with Gasteiger partial charge in [0, 0.05) is 39.0 Å². The molecule has 1 aliphatic carbocycles. The van der Waals surface area contributed by atoms with E-state index in [1.807, 2.05) is 26.1 Å². The Bertz CT molecular complexity index is 652. The molecule has 0 amide bonds. The first-order valence-electron chi connectivity index (χ1n) is 10.4. The molecule has 1 aliphatic heterocycles. The Balaban J connectivity index is 0.00000280. The van der Waals surface area contributed by atoms with Crippen LogP contribution in [0.1, 0.15) is 70.8 Å². The van der Waals surface area contributed by atoms with Crippen LogP contribution in [0, 0.1) is 12.3 Å². The lowest BCUT2D eigenvalue weighted by molar-refractivity contribution is 0.307. The summed E-state index contributed by atoms with van der Waals surface area (Å²) in [7, 11) is 0. The Morgan fingerprint density at radius 2 is 2.00 bits per heavy atom. The Hall–Kier alpha value is -1.95. The van der Waals surface area contributed by atoms with Gasteiger partial charge in [-0.2, -0.15) is 0 Å². The molecule has 2 fully saturated rings. The number of oxime groups is 1. The summed E-state index contributed by atoms with van der Waals surface area (Å²) in [5.41, 5.74) is 1.75. The van der Waals surface area contributed by atoms with E-state index in [0.717, 1.165) is 49.3 Å². The minimum absolute atomic E-state index is 0. The van der Waals surface area contributed by atoms with Crippen LogP contribution >= 0.6 is 0 Å². The maximum atomic E-state index is 8.26. The minimum Gasteiger partial charge on any atom is -0.356 e. The van der Waals surface area contributed by atoms with Crippen molar-refractivity contribution in [2.75, 3.05) is 18.0 Å². The van der Waals surface area contributed by atoms with Crippen molar-refractivity contribution in [1.29, 1.82) is 5.41 Å². The average Bonchev–Trinajstić information content (AvgIpc) is 2.69.